The third kappa shape index (κ3) is 4.06. The maximum atomic E-state index is 13.7. The fraction of sp³-hybridized carbons (Fsp3) is 0.217. The van der Waals surface area contributed by atoms with Crippen molar-refractivity contribution >= 4 is 32.6 Å². The van der Waals surface area contributed by atoms with E-state index in [4.69, 9.17) is 23.6 Å². The van der Waals surface area contributed by atoms with E-state index >= 15 is 0 Å². The first-order chi connectivity index (χ1) is 15.0. The lowest BCUT2D eigenvalue weighted by atomic mass is 10.1. The summed E-state index contributed by atoms with van der Waals surface area (Å²) in [5.41, 5.74) is 2.36. The van der Waals surface area contributed by atoms with E-state index in [-0.39, 0.29) is 12.5 Å². The number of furan rings is 1. The van der Waals surface area contributed by atoms with E-state index in [0.29, 0.717) is 33.7 Å². The van der Waals surface area contributed by atoms with Crippen LogP contribution in [0.1, 0.15) is 21.7 Å². The Morgan fingerprint density at radius 1 is 1.06 bits per heavy atom. The molecule has 2 heterocycles. The largest absolute Gasteiger partial charge is 0.493 e. The van der Waals surface area contributed by atoms with Crippen molar-refractivity contribution in [2.24, 2.45) is 0 Å². The SMILES string of the molecule is COc1cc(C(=O)N(Cc2ccco2)c2nc3ccc(C)cc3s2)cc(OC)c1OC. The molecule has 0 N–H and O–H groups in total. The Bertz CT molecular complexity index is 1190. The Balaban J connectivity index is 1.80. The van der Waals surface area contributed by atoms with Gasteiger partial charge in [-0.2, -0.15) is 0 Å². The van der Waals surface area contributed by atoms with Crippen molar-refractivity contribution in [2.75, 3.05) is 26.2 Å². The van der Waals surface area contributed by atoms with Gasteiger partial charge in [0.15, 0.2) is 16.6 Å². The highest BCUT2D eigenvalue weighted by atomic mass is 32.1. The van der Waals surface area contributed by atoms with Crippen LogP contribution in [0.2, 0.25) is 0 Å². The average molecular weight is 439 g/mol. The Labute approximate surface area is 183 Å². The first-order valence-electron chi connectivity index (χ1n) is 9.55. The van der Waals surface area contributed by atoms with Gasteiger partial charge >= 0.3 is 0 Å². The van der Waals surface area contributed by atoms with E-state index in [2.05, 4.69) is 6.07 Å². The van der Waals surface area contributed by atoms with Crippen molar-refractivity contribution < 1.29 is 23.4 Å². The number of anilines is 1. The molecule has 2 aromatic heterocycles. The molecule has 0 aliphatic rings. The summed E-state index contributed by atoms with van der Waals surface area (Å²) in [7, 11) is 4.55. The molecule has 1 amide bonds. The highest BCUT2D eigenvalue weighted by Gasteiger charge is 2.25. The molecule has 8 heteroatoms. The van der Waals surface area contributed by atoms with Crippen LogP contribution in [-0.2, 0) is 6.54 Å². The van der Waals surface area contributed by atoms with Crippen LogP contribution in [0.5, 0.6) is 17.2 Å². The zero-order chi connectivity index (χ0) is 22.0. The smallest absolute Gasteiger partial charge is 0.260 e. The predicted molar refractivity (Wildman–Crippen MR) is 120 cm³/mol. The number of aromatic nitrogens is 1. The van der Waals surface area contributed by atoms with Crippen LogP contribution < -0.4 is 19.1 Å². The van der Waals surface area contributed by atoms with Crippen LogP contribution in [-0.4, -0.2) is 32.2 Å². The number of carbonyl (C=O) groups excluding carboxylic acids is 1. The Kier molecular flexibility index (Phi) is 5.81. The number of ether oxygens (including phenoxy) is 3. The van der Waals surface area contributed by atoms with Crippen molar-refractivity contribution in [1.82, 2.24) is 4.98 Å². The monoisotopic (exact) mass is 438 g/mol. The van der Waals surface area contributed by atoms with Gasteiger partial charge in [-0.3, -0.25) is 9.69 Å². The Morgan fingerprint density at radius 3 is 2.42 bits per heavy atom. The van der Waals surface area contributed by atoms with Crippen molar-refractivity contribution in [3.8, 4) is 17.2 Å². The molecule has 2 aromatic carbocycles. The topological polar surface area (TPSA) is 74.0 Å². The predicted octanol–water partition coefficient (Wildman–Crippen LogP) is 5.07. The normalized spacial score (nSPS) is 10.8. The summed E-state index contributed by atoms with van der Waals surface area (Å²) >= 11 is 1.46. The van der Waals surface area contributed by atoms with E-state index in [1.54, 1.807) is 29.4 Å². The van der Waals surface area contributed by atoms with Gasteiger partial charge in [0.1, 0.15) is 5.76 Å². The van der Waals surface area contributed by atoms with E-state index in [0.717, 1.165) is 15.8 Å². The number of amides is 1. The second-order valence-electron chi connectivity index (χ2n) is 6.85. The molecule has 0 aliphatic carbocycles. The quantitative estimate of drug-likeness (QED) is 0.401. The van der Waals surface area contributed by atoms with Gasteiger partial charge in [-0.15, -0.1) is 0 Å². The van der Waals surface area contributed by atoms with Crippen LogP contribution in [0.25, 0.3) is 10.2 Å². The van der Waals surface area contributed by atoms with Gasteiger partial charge < -0.3 is 18.6 Å². The minimum atomic E-state index is -0.258. The number of carbonyl (C=O) groups is 1. The molecule has 0 fully saturated rings. The highest BCUT2D eigenvalue weighted by Crippen LogP contribution is 2.39. The molecule has 0 bridgehead atoms. The molecule has 0 aliphatic heterocycles. The lowest BCUT2D eigenvalue weighted by Gasteiger charge is -2.20. The number of thiazole rings is 1. The standard InChI is InChI=1S/C23H22N2O5S/c1-14-7-8-17-20(10-14)31-23(24-17)25(13-16-6-5-9-30-16)22(26)15-11-18(27-2)21(29-4)19(12-15)28-3/h5-12H,13H2,1-4H3. The van der Waals surface area contributed by atoms with Crippen molar-refractivity contribution in [3.63, 3.8) is 0 Å². The molecule has 7 nitrogen and oxygen atoms in total. The molecule has 0 unspecified atom stereocenters. The minimum Gasteiger partial charge on any atom is -0.493 e. The lowest BCUT2D eigenvalue weighted by Crippen LogP contribution is -2.30. The van der Waals surface area contributed by atoms with Crippen LogP contribution in [0.15, 0.2) is 53.1 Å². The second-order valence-corrected chi connectivity index (χ2v) is 7.86. The number of fused-ring (bicyclic) bond motifs is 1. The molecule has 0 atom stereocenters. The third-order valence-electron chi connectivity index (χ3n) is 4.81. The number of benzene rings is 2. The second kappa shape index (κ2) is 8.69. The zero-order valence-electron chi connectivity index (χ0n) is 17.7. The summed E-state index contributed by atoms with van der Waals surface area (Å²) < 4.78 is 22.7. The first kappa shape index (κ1) is 20.7. The van der Waals surface area contributed by atoms with E-state index < -0.39 is 0 Å². The Hall–Kier alpha value is -3.52. The summed E-state index contributed by atoms with van der Waals surface area (Å²) in [6, 6.07) is 12.9. The van der Waals surface area contributed by atoms with Gasteiger partial charge in [0.25, 0.3) is 5.91 Å². The third-order valence-corrected chi connectivity index (χ3v) is 5.86. The van der Waals surface area contributed by atoms with Crippen molar-refractivity contribution in [2.45, 2.75) is 13.5 Å². The summed E-state index contributed by atoms with van der Waals surface area (Å²) in [6.07, 6.45) is 1.58. The highest BCUT2D eigenvalue weighted by molar-refractivity contribution is 7.22. The molecule has 4 rings (SSSR count). The van der Waals surface area contributed by atoms with Gasteiger partial charge in [0, 0.05) is 5.56 Å². The summed E-state index contributed by atoms with van der Waals surface area (Å²) in [4.78, 5) is 19.9. The molecule has 4 aromatic rings. The molecule has 0 spiro atoms. The van der Waals surface area contributed by atoms with Crippen molar-refractivity contribution in [3.05, 3.63) is 65.6 Å². The van der Waals surface area contributed by atoms with Crippen LogP contribution >= 0.6 is 11.3 Å². The van der Waals surface area contributed by atoms with Gasteiger partial charge in [-0.25, -0.2) is 4.98 Å². The van der Waals surface area contributed by atoms with Crippen LogP contribution in [0, 0.1) is 6.92 Å². The fourth-order valence-electron chi connectivity index (χ4n) is 3.28. The van der Waals surface area contributed by atoms with Gasteiger partial charge in [0.05, 0.1) is 44.4 Å². The number of hydrogen-bond donors (Lipinski definition) is 0. The van der Waals surface area contributed by atoms with Crippen LogP contribution in [0.4, 0.5) is 5.13 Å². The van der Waals surface area contributed by atoms with E-state index in [1.165, 1.54) is 32.7 Å². The van der Waals surface area contributed by atoms with E-state index in [9.17, 15) is 4.79 Å². The molecular weight excluding hydrogens is 416 g/mol. The van der Waals surface area contributed by atoms with E-state index in [1.807, 2.05) is 25.1 Å². The molecular formula is C23H22N2O5S. The van der Waals surface area contributed by atoms with Crippen molar-refractivity contribution in [1.29, 1.82) is 0 Å². The number of aryl methyl sites for hydroxylation is 1. The zero-order valence-corrected chi connectivity index (χ0v) is 18.5. The molecule has 0 saturated heterocycles. The van der Waals surface area contributed by atoms with Gasteiger partial charge in [0.2, 0.25) is 5.75 Å². The number of methoxy groups -OCH3 is 3. The summed E-state index contributed by atoms with van der Waals surface area (Å²) in [5.74, 6) is 1.63. The number of hydrogen-bond acceptors (Lipinski definition) is 7. The molecule has 31 heavy (non-hydrogen) atoms. The lowest BCUT2D eigenvalue weighted by molar-refractivity contribution is 0.0982. The fourth-order valence-corrected chi connectivity index (χ4v) is 4.34. The molecule has 0 saturated carbocycles. The maximum absolute atomic E-state index is 13.7. The maximum Gasteiger partial charge on any atom is 0.260 e. The first-order valence-corrected chi connectivity index (χ1v) is 10.4. The minimum absolute atomic E-state index is 0.237. The van der Waals surface area contributed by atoms with Gasteiger partial charge in [-0.1, -0.05) is 17.4 Å². The average Bonchev–Trinajstić information content (AvgIpc) is 3.45. The molecule has 0 radical (unpaired) electrons. The van der Waals surface area contributed by atoms with Crippen LogP contribution in [0.3, 0.4) is 0 Å². The Morgan fingerprint density at radius 2 is 1.81 bits per heavy atom. The molecule has 160 valence electrons. The number of rotatable bonds is 7. The number of nitrogens with zero attached hydrogens (tertiary/aromatic N) is 2. The van der Waals surface area contributed by atoms with Gasteiger partial charge in [-0.05, 0) is 48.9 Å². The summed E-state index contributed by atoms with van der Waals surface area (Å²) in [6.45, 7) is 2.27. The summed E-state index contributed by atoms with van der Waals surface area (Å²) in [5, 5.41) is 0.579.